The summed E-state index contributed by atoms with van der Waals surface area (Å²) in [5.74, 6) is -0.350. The normalized spacial score (nSPS) is 11.3. The first-order valence-corrected chi connectivity index (χ1v) is 16.2. The topological polar surface area (TPSA) is 100 Å². The van der Waals surface area contributed by atoms with E-state index in [4.69, 9.17) is 42.6 Å². The van der Waals surface area contributed by atoms with E-state index in [9.17, 15) is 4.79 Å². The van der Waals surface area contributed by atoms with Crippen LogP contribution in [0.4, 0.5) is 0 Å². The van der Waals surface area contributed by atoms with Crippen LogP contribution in [0, 0.1) is 0 Å². The highest BCUT2D eigenvalue weighted by molar-refractivity contribution is 5.89. The van der Waals surface area contributed by atoms with Crippen LogP contribution in [0.3, 0.4) is 0 Å². The molecule has 0 amide bonds. The van der Waals surface area contributed by atoms with Gasteiger partial charge in [0.15, 0.2) is 0 Å². The summed E-state index contributed by atoms with van der Waals surface area (Å²) in [5, 5.41) is 0. The minimum atomic E-state index is -0.350. The lowest BCUT2D eigenvalue weighted by atomic mass is 10.1. The second-order valence-electron chi connectivity index (χ2n) is 9.88. The number of benzene rings is 1. The lowest BCUT2D eigenvalue weighted by Crippen LogP contribution is -2.15. The van der Waals surface area contributed by atoms with Gasteiger partial charge >= 0.3 is 5.97 Å². The average Bonchev–Trinajstić information content (AvgIpc) is 3.03. The molecule has 0 unspecified atom stereocenters. The van der Waals surface area contributed by atoms with Crippen LogP contribution in [0.15, 0.2) is 30.3 Å². The first kappa shape index (κ1) is 39.4. The molecule has 0 heterocycles. The van der Waals surface area contributed by atoms with Gasteiger partial charge in [0.2, 0.25) is 0 Å². The molecule has 1 rings (SSSR count). The van der Waals surface area contributed by atoms with E-state index < -0.39 is 0 Å². The summed E-state index contributed by atoms with van der Waals surface area (Å²) in [6.45, 7) is 10.9. The van der Waals surface area contributed by atoms with Crippen molar-refractivity contribution in [1.82, 2.24) is 0 Å². The van der Waals surface area contributed by atoms with Crippen LogP contribution in [0.5, 0.6) is 0 Å². The summed E-state index contributed by atoms with van der Waals surface area (Å²) in [6.07, 6.45) is 10.5. The van der Waals surface area contributed by atoms with Crippen LogP contribution < -0.4 is 0 Å². The fraction of sp³-hybridized carbons (Fsp3) is 0.788. The van der Waals surface area contributed by atoms with Crippen molar-refractivity contribution in [3.8, 4) is 0 Å². The molecule has 0 fully saturated rings. The Morgan fingerprint density at radius 3 is 1.14 bits per heavy atom. The van der Waals surface area contributed by atoms with Crippen molar-refractivity contribution in [2.45, 2.75) is 58.3 Å². The molecule has 0 atom stereocenters. The molecule has 0 aliphatic heterocycles. The molecule has 0 saturated heterocycles. The van der Waals surface area contributed by atoms with Gasteiger partial charge in [-0.2, -0.15) is 0 Å². The van der Waals surface area contributed by atoms with E-state index in [0.29, 0.717) is 105 Å². The molecule has 0 N–H and O–H groups in total. The molecule has 0 spiro atoms. The van der Waals surface area contributed by atoms with Gasteiger partial charge in [-0.3, -0.25) is 0 Å². The van der Waals surface area contributed by atoms with Gasteiger partial charge in [0.25, 0.3) is 0 Å². The maximum atomic E-state index is 11.8. The molecule has 10 nitrogen and oxygen atoms in total. The second-order valence-corrected chi connectivity index (χ2v) is 9.88. The van der Waals surface area contributed by atoms with E-state index in [2.05, 4.69) is 6.92 Å². The largest absolute Gasteiger partial charge is 0.460 e. The molecule has 1 aromatic rings. The zero-order chi connectivity index (χ0) is 30.7. The molecule has 0 saturated carbocycles. The fourth-order valence-corrected chi connectivity index (χ4v) is 3.83. The lowest BCUT2D eigenvalue weighted by Gasteiger charge is -2.09. The van der Waals surface area contributed by atoms with Gasteiger partial charge < -0.3 is 42.6 Å². The minimum Gasteiger partial charge on any atom is -0.460 e. The number of hydrogen-bond acceptors (Lipinski definition) is 10. The molecule has 0 aliphatic carbocycles. The molecular weight excluding hydrogens is 556 g/mol. The Bertz CT molecular complexity index is 692. The summed E-state index contributed by atoms with van der Waals surface area (Å²) >= 11 is 0. The summed E-state index contributed by atoms with van der Waals surface area (Å²) in [5.41, 5.74) is 0.531. The van der Waals surface area contributed by atoms with Crippen molar-refractivity contribution in [1.29, 1.82) is 0 Å². The van der Waals surface area contributed by atoms with Crippen LogP contribution in [-0.4, -0.2) is 118 Å². The van der Waals surface area contributed by atoms with Crippen molar-refractivity contribution >= 4 is 5.97 Å². The van der Waals surface area contributed by atoms with Crippen molar-refractivity contribution in [3.05, 3.63) is 35.9 Å². The van der Waals surface area contributed by atoms with Crippen molar-refractivity contribution in [2.75, 3.05) is 112 Å². The van der Waals surface area contributed by atoms with Crippen LogP contribution in [0.25, 0.3) is 0 Å². The smallest absolute Gasteiger partial charge is 0.338 e. The number of rotatable bonds is 34. The molecule has 1 aromatic carbocycles. The van der Waals surface area contributed by atoms with Gasteiger partial charge in [-0.25, -0.2) is 4.79 Å². The highest BCUT2D eigenvalue weighted by atomic mass is 16.6. The number of unbranched alkanes of at least 4 members (excludes halogenated alkanes) is 7. The molecule has 0 radical (unpaired) electrons. The zero-order valence-corrected chi connectivity index (χ0v) is 26.6. The van der Waals surface area contributed by atoms with Gasteiger partial charge in [-0.1, -0.05) is 70.1 Å². The molecule has 10 heteroatoms. The number of carbonyl (C=O) groups is 1. The first-order chi connectivity index (χ1) is 21.3. The first-order valence-electron chi connectivity index (χ1n) is 16.2. The number of carbonyl (C=O) groups excluding carboxylic acids is 1. The molecule has 43 heavy (non-hydrogen) atoms. The van der Waals surface area contributed by atoms with Crippen molar-refractivity contribution in [3.63, 3.8) is 0 Å². The third-order valence-electron chi connectivity index (χ3n) is 6.22. The maximum Gasteiger partial charge on any atom is 0.338 e. The quantitative estimate of drug-likeness (QED) is 0.0769. The third-order valence-corrected chi connectivity index (χ3v) is 6.22. The van der Waals surface area contributed by atoms with E-state index in [-0.39, 0.29) is 12.6 Å². The Balaban J connectivity index is 1.64. The lowest BCUT2D eigenvalue weighted by molar-refractivity contribution is -0.0244. The fourth-order valence-electron chi connectivity index (χ4n) is 3.83. The molecule has 0 bridgehead atoms. The maximum absolute atomic E-state index is 11.8. The molecule has 250 valence electrons. The van der Waals surface area contributed by atoms with Gasteiger partial charge in [0.05, 0.1) is 105 Å². The molecular formula is C33H58O10. The Kier molecular flexibility index (Phi) is 30.5. The summed E-state index contributed by atoms with van der Waals surface area (Å²) < 4.78 is 49.0. The van der Waals surface area contributed by atoms with Crippen LogP contribution in [0.1, 0.15) is 68.6 Å². The van der Waals surface area contributed by atoms with Crippen molar-refractivity contribution in [2.24, 2.45) is 0 Å². The monoisotopic (exact) mass is 614 g/mol. The Morgan fingerprint density at radius 1 is 0.419 bits per heavy atom. The van der Waals surface area contributed by atoms with Crippen LogP contribution in [0.2, 0.25) is 0 Å². The Labute approximate surface area is 259 Å². The standard InChI is InChI=1S/C33H58O10/c1-2-3-4-5-6-7-8-12-15-35-16-17-36-18-19-37-20-21-38-22-23-39-24-25-40-26-27-41-28-29-42-30-31-43-33(34)32-13-10-9-11-14-32/h9-11,13-14H,2-8,12,15-31H2,1H3. The van der Waals surface area contributed by atoms with Crippen molar-refractivity contribution < 1.29 is 47.4 Å². The van der Waals surface area contributed by atoms with Gasteiger partial charge in [-0.05, 0) is 18.6 Å². The molecule has 0 aliphatic rings. The van der Waals surface area contributed by atoms with E-state index in [1.54, 1.807) is 24.3 Å². The second kappa shape index (κ2) is 33.3. The summed E-state index contributed by atoms with van der Waals surface area (Å²) in [7, 11) is 0. The van der Waals surface area contributed by atoms with Crippen LogP contribution in [-0.2, 0) is 42.6 Å². The molecule has 0 aromatic heterocycles. The Morgan fingerprint density at radius 2 is 0.744 bits per heavy atom. The highest BCUT2D eigenvalue weighted by Crippen LogP contribution is 2.08. The van der Waals surface area contributed by atoms with Gasteiger partial charge in [0, 0.05) is 6.61 Å². The SMILES string of the molecule is CCCCCCCCCCOCCOCCOCCOCCOCCOCCOCCOCCOC(=O)c1ccccc1. The van der Waals surface area contributed by atoms with E-state index in [1.807, 2.05) is 6.07 Å². The van der Waals surface area contributed by atoms with E-state index in [1.165, 1.54) is 44.9 Å². The summed E-state index contributed by atoms with van der Waals surface area (Å²) in [6, 6.07) is 8.88. The summed E-state index contributed by atoms with van der Waals surface area (Å²) in [4.78, 5) is 11.8. The predicted molar refractivity (Wildman–Crippen MR) is 166 cm³/mol. The highest BCUT2D eigenvalue weighted by Gasteiger charge is 2.05. The van der Waals surface area contributed by atoms with Gasteiger partial charge in [-0.15, -0.1) is 0 Å². The Hall–Kier alpha value is -1.63. The third kappa shape index (κ3) is 28.9. The van der Waals surface area contributed by atoms with Gasteiger partial charge in [0.1, 0.15) is 6.61 Å². The zero-order valence-electron chi connectivity index (χ0n) is 26.6. The number of hydrogen-bond donors (Lipinski definition) is 0. The van der Waals surface area contributed by atoms with E-state index in [0.717, 1.165) is 13.0 Å². The minimum absolute atomic E-state index is 0.209. The predicted octanol–water partition coefficient (Wildman–Crippen LogP) is 5.12. The van der Waals surface area contributed by atoms with E-state index >= 15 is 0 Å². The van der Waals surface area contributed by atoms with Crippen LogP contribution >= 0.6 is 0 Å². The number of esters is 1. The average molecular weight is 615 g/mol. The number of ether oxygens (including phenoxy) is 9.